The van der Waals surface area contributed by atoms with Crippen LogP contribution >= 0.6 is 0 Å². The molecule has 0 aliphatic carbocycles. The summed E-state index contributed by atoms with van der Waals surface area (Å²) >= 11 is 0. The highest BCUT2D eigenvalue weighted by Gasteiger charge is 2.13. The molecule has 3 aromatic rings. The zero-order valence-electron chi connectivity index (χ0n) is 11.3. The molecule has 0 aliphatic heterocycles. The third-order valence-corrected chi connectivity index (χ3v) is 3.21. The van der Waals surface area contributed by atoms with Crippen LogP contribution in [0.1, 0.15) is 26.3 Å². The molecule has 96 valence electrons. The second kappa shape index (κ2) is 4.16. The van der Waals surface area contributed by atoms with Crippen LogP contribution < -0.4 is 0 Å². The predicted molar refractivity (Wildman–Crippen MR) is 75.4 cm³/mol. The molecule has 2 heterocycles. The molecule has 1 aromatic carbocycles. The van der Waals surface area contributed by atoms with Gasteiger partial charge in [0.05, 0.1) is 17.3 Å². The Bertz CT molecular complexity index is 705. The number of benzene rings is 1. The van der Waals surface area contributed by atoms with Crippen molar-refractivity contribution in [2.24, 2.45) is 0 Å². The quantitative estimate of drug-likeness (QED) is 0.668. The minimum absolute atomic E-state index is 0.160. The molecule has 0 spiro atoms. The molecular formula is C15H16N4. The molecule has 19 heavy (non-hydrogen) atoms. The van der Waals surface area contributed by atoms with Crippen LogP contribution in [-0.2, 0) is 5.41 Å². The van der Waals surface area contributed by atoms with Gasteiger partial charge in [0.1, 0.15) is 6.33 Å². The standard InChI is InChI=1S/C15H16N4/c1-15(2,3)12-4-6-13(7-5-12)19-14-11(9-18-19)8-16-10-17-14/h4-10H,1-3H3. The van der Waals surface area contributed by atoms with Crippen LogP contribution in [-0.4, -0.2) is 19.7 Å². The summed E-state index contributed by atoms with van der Waals surface area (Å²) in [4.78, 5) is 8.28. The lowest BCUT2D eigenvalue weighted by molar-refractivity contribution is 0.590. The Labute approximate surface area is 112 Å². The summed E-state index contributed by atoms with van der Waals surface area (Å²) in [6.07, 6.45) is 5.10. The van der Waals surface area contributed by atoms with E-state index < -0.39 is 0 Å². The van der Waals surface area contributed by atoms with Crippen LogP contribution in [0.3, 0.4) is 0 Å². The highest BCUT2D eigenvalue weighted by molar-refractivity contribution is 5.74. The fraction of sp³-hybridized carbons (Fsp3) is 0.267. The lowest BCUT2D eigenvalue weighted by Crippen LogP contribution is -2.11. The summed E-state index contributed by atoms with van der Waals surface area (Å²) in [5.41, 5.74) is 3.31. The first-order chi connectivity index (χ1) is 9.05. The number of fused-ring (bicyclic) bond motifs is 1. The summed E-state index contributed by atoms with van der Waals surface area (Å²) in [5, 5.41) is 5.32. The minimum atomic E-state index is 0.160. The van der Waals surface area contributed by atoms with E-state index in [1.807, 2.05) is 4.68 Å². The van der Waals surface area contributed by atoms with Gasteiger partial charge in [-0.25, -0.2) is 14.6 Å². The van der Waals surface area contributed by atoms with E-state index in [-0.39, 0.29) is 5.41 Å². The van der Waals surface area contributed by atoms with Crippen molar-refractivity contribution in [3.05, 3.63) is 48.5 Å². The van der Waals surface area contributed by atoms with Crippen molar-refractivity contribution in [2.45, 2.75) is 26.2 Å². The Hall–Kier alpha value is -2.23. The molecule has 4 heteroatoms. The van der Waals surface area contributed by atoms with Gasteiger partial charge in [-0.15, -0.1) is 0 Å². The van der Waals surface area contributed by atoms with Gasteiger partial charge in [-0.1, -0.05) is 32.9 Å². The molecule has 2 aromatic heterocycles. The van der Waals surface area contributed by atoms with Crippen molar-refractivity contribution in [1.29, 1.82) is 0 Å². The first-order valence-electron chi connectivity index (χ1n) is 6.30. The van der Waals surface area contributed by atoms with Crippen LogP contribution in [0.25, 0.3) is 16.7 Å². The first kappa shape index (κ1) is 11.8. The van der Waals surface area contributed by atoms with Crippen LogP contribution in [0.2, 0.25) is 0 Å². The van der Waals surface area contributed by atoms with E-state index in [2.05, 4.69) is 60.1 Å². The zero-order chi connectivity index (χ0) is 13.5. The van der Waals surface area contributed by atoms with E-state index in [4.69, 9.17) is 0 Å². The number of hydrogen-bond donors (Lipinski definition) is 0. The van der Waals surface area contributed by atoms with Gasteiger partial charge in [0.15, 0.2) is 5.65 Å². The maximum absolute atomic E-state index is 4.37. The number of aromatic nitrogens is 4. The van der Waals surface area contributed by atoms with E-state index in [0.29, 0.717) is 0 Å². The van der Waals surface area contributed by atoms with E-state index >= 15 is 0 Å². The smallest absolute Gasteiger partial charge is 0.166 e. The van der Waals surface area contributed by atoms with E-state index in [9.17, 15) is 0 Å². The molecule has 0 fully saturated rings. The molecule has 0 radical (unpaired) electrons. The molecule has 0 bridgehead atoms. The SMILES string of the molecule is CC(C)(C)c1ccc(-n2ncc3cncnc32)cc1. The van der Waals surface area contributed by atoms with Crippen LogP contribution in [0, 0.1) is 0 Å². The van der Waals surface area contributed by atoms with Gasteiger partial charge in [-0.05, 0) is 23.1 Å². The average Bonchev–Trinajstić information content (AvgIpc) is 2.82. The summed E-state index contributed by atoms with van der Waals surface area (Å²) in [5.74, 6) is 0. The highest BCUT2D eigenvalue weighted by atomic mass is 15.3. The largest absolute Gasteiger partial charge is 0.244 e. The Morgan fingerprint density at radius 1 is 1.00 bits per heavy atom. The molecule has 4 nitrogen and oxygen atoms in total. The van der Waals surface area contributed by atoms with Crippen LogP contribution in [0.15, 0.2) is 43.0 Å². The fourth-order valence-electron chi connectivity index (χ4n) is 2.07. The molecule has 0 N–H and O–H groups in total. The Kier molecular flexibility index (Phi) is 2.59. The summed E-state index contributed by atoms with van der Waals surface area (Å²) in [7, 11) is 0. The van der Waals surface area contributed by atoms with Gasteiger partial charge in [-0.3, -0.25) is 0 Å². The predicted octanol–water partition coefficient (Wildman–Crippen LogP) is 3.11. The molecular weight excluding hydrogens is 236 g/mol. The van der Waals surface area contributed by atoms with Crippen molar-refractivity contribution in [3.63, 3.8) is 0 Å². The third-order valence-electron chi connectivity index (χ3n) is 3.21. The second-order valence-corrected chi connectivity index (χ2v) is 5.65. The Balaban J connectivity index is 2.07. The topological polar surface area (TPSA) is 43.6 Å². The normalized spacial score (nSPS) is 11.9. The van der Waals surface area contributed by atoms with E-state index in [1.54, 1.807) is 18.7 Å². The van der Waals surface area contributed by atoms with Gasteiger partial charge in [0.2, 0.25) is 0 Å². The van der Waals surface area contributed by atoms with Crippen LogP contribution in [0.4, 0.5) is 0 Å². The zero-order valence-corrected chi connectivity index (χ0v) is 11.3. The van der Waals surface area contributed by atoms with E-state index in [1.165, 1.54) is 5.56 Å². The number of hydrogen-bond acceptors (Lipinski definition) is 3. The number of nitrogens with zero attached hydrogens (tertiary/aromatic N) is 4. The van der Waals surface area contributed by atoms with Crippen molar-refractivity contribution < 1.29 is 0 Å². The summed E-state index contributed by atoms with van der Waals surface area (Å²) < 4.78 is 1.84. The van der Waals surface area contributed by atoms with Gasteiger partial charge in [-0.2, -0.15) is 5.10 Å². The molecule has 0 amide bonds. The lowest BCUT2D eigenvalue weighted by atomic mass is 9.87. The van der Waals surface area contributed by atoms with E-state index in [0.717, 1.165) is 16.7 Å². The first-order valence-corrected chi connectivity index (χ1v) is 6.30. The molecule has 0 saturated carbocycles. The van der Waals surface area contributed by atoms with Crippen LogP contribution in [0.5, 0.6) is 0 Å². The van der Waals surface area contributed by atoms with Crippen molar-refractivity contribution in [3.8, 4) is 5.69 Å². The van der Waals surface area contributed by atoms with Crippen molar-refractivity contribution >= 4 is 11.0 Å². The molecule has 3 rings (SSSR count). The minimum Gasteiger partial charge on any atom is -0.244 e. The molecule has 0 saturated heterocycles. The van der Waals surface area contributed by atoms with Crippen molar-refractivity contribution in [2.75, 3.05) is 0 Å². The van der Waals surface area contributed by atoms with Gasteiger partial charge < -0.3 is 0 Å². The summed E-state index contributed by atoms with van der Waals surface area (Å²) in [6, 6.07) is 8.44. The molecule has 0 atom stereocenters. The monoisotopic (exact) mass is 252 g/mol. The van der Waals surface area contributed by atoms with Gasteiger partial charge in [0, 0.05) is 6.20 Å². The number of rotatable bonds is 1. The van der Waals surface area contributed by atoms with Gasteiger partial charge in [0.25, 0.3) is 0 Å². The Morgan fingerprint density at radius 2 is 1.74 bits per heavy atom. The maximum Gasteiger partial charge on any atom is 0.166 e. The fourth-order valence-corrected chi connectivity index (χ4v) is 2.07. The maximum atomic E-state index is 4.37. The molecule has 0 unspecified atom stereocenters. The second-order valence-electron chi connectivity index (χ2n) is 5.65. The Morgan fingerprint density at radius 3 is 2.42 bits per heavy atom. The third kappa shape index (κ3) is 2.10. The average molecular weight is 252 g/mol. The lowest BCUT2D eigenvalue weighted by Gasteiger charge is -2.19. The summed E-state index contributed by atoms with van der Waals surface area (Å²) in [6.45, 7) is 6.62. The van der Waals surface area contributed by atoms with Gasteiger partial charge >= 0.3 is 0 Å². The molecule has 0 aliphatic rings. The highest BCUT2D eigenvalue weighted by Crippen LogP contribution is 2.23. The van der Waals surface area contributed by atoms with Crippen molar-refractivity contribution in [1.82, 2.24) is 19.7 Å².